The Bertz CT molecular complexity index is 80.2. The summed E-state index contributed by atoms with van der Waals surface area (Å²) in [6, 6.07) is 0.513. The van der Waals surface area contributed by atoms with Crippen molar-refractivity contribution in [2.24, 2.45) is 0 Å². The third-order valence-corrected chi connectivity index (χ3v) is 1.60. The monoisotopic (exact) mass is 161 g/mol. The van der Waals surface area contributed by atoms with Crippen LogP contribution in [0.2, 0.25) is 0 Å². The first kappa shape index (κ1) is 10.9. The Hall–Kier alpha value is -0.120. The normalized spacial score (nSPS) is 30.5. The van der Waals surface area contributed by atoms with Crippen molar-refractivity contribution in [1.82, 2.24) is 5.32 Å². The molecule has 0 aromatic rings. The van der Waals surface area contributed by atoms with E-state index in [9.17, 15) is 0 Å². The number of hydrogen-bond acceptors (Lipinski definition) is 3. The minimum absolute atomic E-state index is 0.0498. The first-order valence-electron chi connectivity index (χ1n) is 4.23. The van der Waals surface area contributed by atoms with Crippen LogP contribution in [0.15, 0.2) is 0 Å². The molecule has 0 aromatic heterocycles. The van der Waals surface area contributed by atoms with Crippen molar-refractivity contribution in [3.63, 3.8) is 0 Å². The lowest BCUT2D eigenvalue weighted by atomic mass is 10.0. The van der Waals surface area contributed by atoms with Gasteiger partial charge < -0.3 is 15.5 Å². The van der Waals surface area contributed by atoms with Crippen molar-refractivity contribution in [2.45, 2.75) is 38.8 Å². The van der Waals surface area contributed by atoms with Gasteiger partial charge in [0.05, 0.1) is 6.10 Å². The van der Waals surface area contributed by atoms with Crippen LogP contribution in [0.25, 0.3) is 0 Å². The third-order valence-electron chi connectivity index (χ3n) is 1.60. The maximum atomic E-state index is 9.04. The molecule has 11 heavy (non-hydrogen) atoms. The van der Waals surface area contributed by atoms with Crippen LogP contribution >= 0.6 is 0 Å². The fourth-order valence-corrected chi connectivity index (χ4v) is 1.11. The molecule has 0 saturated carbocycles. The molecular formula is C8H19NO2. The molecule has 3 heteroatoms. The third kappa shape index (κ3) is 6.28. The number of piperidine rings is 1. The first-order valence-corrected chi connectivity index (χ1v) is 4.23. The molecule has 1 heterocycles. The van der Waals surface area contributed by atoms with Gasteiger partial charge in [0.15, 0.2) is 0 Å². The van der Waals surface area contributed by atoms with Gasteiger partial charge in [-0.15, -0.1) is 0 Å². The standard InChI is InChI=1S/C6H13NO.C2H6O/c1-5-4-6(8)2-3-7-5;1-2-3/h5-8H,2-4H2,1H3;3H,2H2,1H3/t5?,6-;/m0./s1. The Morgan fingerprint density at radius 2 is 2.09 bits per heavy atom. The fraction of sp³-hybridized carbons (Fsp3) is 1.00. The molecule has 1 unspecified atom stereocenters. The smallest absolute Gasteiger partial charge is 0.0567 e. The van der Waals surface area contributed by atoms with E-state index in [1.807, 2.05) is 0 Å². The second-order valence-electron chi connectivity index (χ2n) is 2.85. The Labute approximate surface area is 68.4 Å². The zero-order chi connectivity index (χ0) is 8.69. The van der Waals surface area contributed by atoms with E-state index in [-0.39, 0.29) is 12.7 Å². The number of aliphatic hydroxyl groups is 2. The van der Waals surface area contributed by atoms with Gasteiger partial charge in [0.1, 0.15) is 0 Å². The number of nitrogens with one attached hydrogen (secondary N) is 1. The molecule has 0 aliphatic carbocycles. The van der Waals surface area contributed by atoms with E-state index < -0.39 is 0 Å². The molecule has 1 aliphatic heterocycles. The second-order valence-corrected chi connectivity index (χ2v) is 2.85. The Kier molecular flexibility index (Phi) is 6.51. The minimum Gasteiger partial charge on any atom is -0.397 e. The minimum atomic E-state index is -0.0498. The number of aliphatic hydroxyl groups excluding tert-OH is 2. The summed E-state index contributed by atoms with van der Waals surface area (Å²) >= 11 is 0. The molecule has 1 rings (SSSR count). The molecule has 3 N–H and O–H groups in total. The molecule has 68 valence electrons. The highest BCUT2D eigenvalue weighted by atomic mass is 16.3. The molecule has 0 radical (unpaired) electrons. The summed E-state index contributed by atoms with van der Waals surface area (Å²) in [7, 11) is 0. The average Bonchev–Trinajstić information content (AvgIpc) is 1.88. The van der Waals surface area contributed by atoms with Gasteiger partial charge in [0.25, 0.3) is 0 Å². The first-order chi connectivity index (χ1) is 5.20. The predicted octanol–water partition coefficient (Wildman–Crippen LogP) is 0.118. The number of hydrogen-bond donors (Lipinski definition) is 3. The largest absolute Gasteiger partial charge is 0.397 e. The second kappa shape index (κ2) is 6.58. The summed E-state index contributed by atoms with van der Waals surface area (Å²) in [5, 5.41) is 19.9. The van der Waals surface area contributed by atoms with Crippen molar-refractivity contribution < 1.29 is 10.2 Å². The number of rotatable bonds is 0. The van der Waals surface area contributed by atoms with Gasteiger partial charge in [-0.25, -0.2) is 0 Å². The SMILES string of the molecule is CC1C[C@@H](O)CCN1.CCO. The molecule has 1 saturated heterocycles. The Morgan fingerprint density at radius 1 is 1.55 bits per heavy atom. The highest BCUT2D eigenvalue weighted by molar-refractivity contribution is 4.73. The van der Waals surface area contributed by atoms with Crippen molar-refractivity contribution in [3.05, 3.63) is 0 Å². The molecule has 2 atom stereocenters. The van der Waals surface area contributed by atoms with Crippen LogP contribution < -0.4 is 5.32 Å². The van der Waals surface area contributed by atoms with Crippen LogP contribution in [0, 0.1) is 0 Å². The van der Waals surface area contributed by atoms with Crippen LogP contribution in [-0.4, -0.2) is 35.5 Å². The quantitative estimate of drug-likeness (QED) is 0.473. The van der Waals surface area contributed by atoms with Crippen molar-refractivity contribution in [2.75, 3.05) is 13.2 Å². The highest BCUT2D eigenvalue weighted by Crippen LogP contribution is 2.06. The van der Waals surface area contributed by atoms with Crippen molar-refractivity contribution in [1.29, 1.82) is 0 Å². The van der Waals surface area contributed by atoms with E-state index in [0.29, 0.717) is 6.04 Å². The summed E-state index contributed by atoms with van der Waals surface area (Å²) in [5.41, 5.74) is 0. The fourth-order valence-electron chi connectivity index (χ4n) is 1.11. The summed E-state index contributed by atoms with van der Waals surface area (Å²) in [6.07, 6.45) is 1.79. The molecular weight excluding hydrogens is 142 g/mol. The highest BCUT2D eigenvalue weighted by Gasteiger charge is 2.14. The van der Waals surface area contributed by atoms with E-state index in [1.54, 1.807) is 6.92 Å². The molecule has 0 bridgehead atoms. The molecule has 1 fully saturated rings. The maximum absolute atomic E-state index is 9.04. The van der Waals surface area contributed by atoms with Gasteiger partial charge in [0, 0.05) is 12.6 Å². The van der Waals surface area contributed by atoms with Gasteiger partial charge in [-0.2, -0.15) is 0 Å². The van der Waals surface area contributed by atoms with Gasteiger partial charge in [-0.3, -0.25) is 0 Å². The van der Waals surface area contributed by atoms with Gasteiger partial charge in [-0.05, 0) is 33.2 Å². The molecule has 0 amide bonds. The van der Waals surface area contributed by atoms with E-state index in [4.69, 9.17) is 10.2 Å². The van der Waals surface area contributed by atoms with Gasteiger partial charge in [0.2, 0.25) is 0 Å². The molecule has 1 aliphatic rings. The Balaban J connectivity index is 0.000000292. The van der Waals surface area contributed by atoms with Gasteiger partial charge in [-0.1, -0.05) is 0 Å². The molecule has 3 nitrogen and oxygen atoms in total. The van der Waals surface area contributed by atoms with E-state index in [2.05, 4.69) is 12.2 Å². The summed E-state index contributed by atoms with van der Waals surface area (Å²) < 4.78 is 0. The Morgan fingerprint density at radius 3 is 2.36 bits per heavy atom. The zero-order valence-corrected chi connectivity index (χ0v) is 7.38. The van der Waals surface area contributed by atoms with Crippen LogP contribution in [0.1, 0.15) is 26.7 Å². The zero-order valence-electron chi connectivity index (χ0n) is 7.38. The maximum Gasteiger partial charge on any atom is 0.0567 e. The van der Waals surface area contributed by atoms with Crippen LogP contribution in [0.5, 0.6) is 0 Å². The van der Waals surface area contributed by atoms with E-state index in [0.717, 1.165) is 19.4 Å². The summed E-state index contributed by atoms with van der Waals surface area (Å²) in [4.78, 5) is 0. The van der Waals surface area contributed by atoms with Crippen LogP contribution in [0.4, 0.5) is 0 Å². The summed E-state index contributed by atoms with van der Waals surface area (Å²) in [5.74, 6) is 0. The van der Waals surface area contributed by atoms with Crippen molar-refractivity contribution in [3.8, 4) is 0 Å². The van der Waals surface area contributed by atoms with Crippen molar-refractivity contribution >= 4 is 0 Å². The topological polar surface area (TPSA) is 52.5 Å². The van der Waals surface area contributed by atoms with E-state index in [1.165, 1.54) is 0 Å². The van der Waals surface area contributed by atoms with Crippen LogP contribution in [-0.2, 0) is 0 Å². The molecule has 0 aromatic carbocycles. The lowest BCUT2D eigenvalue weighted by molar-refractivity contribution is 0.120. The van der Waals surface area contributed by atoms with Gasteiger partial charge >= 0.3 is 0 Å². The average molecular weight is 161 g/mol. The van der Waals surface area contributed by atoms with Crippen LogP contribution in [0.3, 0.4) is 0 Å². The lowest BCUT2D eigenvalue weighted by Gasteiger charge is -2.23. The van der Waals surface area contributed by atoms with E-state index >= 15 is 0 Å². The predicted molar refractivity (Wildman–Crippen MR) is 45.5 cm³/mol. The lowest BCUT2D eigenvalue weighted by Crippen LogP contribution is -2.37. The summed E-state index contributed by atoms with van der Waals surface area (Å²) in [6.45, 7) is 5.00. The molecule has 0 spiro atoms.